The number of rotatable bonds is 4. The van der Waals surface area contributed by atoms with Crippen LogP contribution in [0.5, 0.6) is 0 Å². The molecular formula is C12H20N2S2. The minimum atomic E-state index is 0.146. The Hall–Kier alpha value is -0.0300. The molecule has 0 spiro atoms. The number of nitrogens with one attached hydrogen (secondary N) is 1. The van der Waals surface area contributed by atoms with Crippen LogP contribution < -0.4 is 11.1 Å². The first-order valence-corrected chi connectivity index (χ1v) is 7.79. The van der Waals surface area contributed by atoms with Crippen molar-refractivity contribution in [3.63, 3.8) is 0 Å². The van der Waals surface area contributed by atoms with E-state index in [0.717, 1.165) is 13.1 Å². The average molecular weight is 256 g/mol. The maximum absolute atomic E-state index is 6.00. The maximum atomic E-state index is 6.00. The van der Waals surface area contributed by atoms with Gasteiger partial charge in [-0.3, -0.25) is 0 Å². The Morgan fingerprint density at radius 3 is 3.12 bits per heavy atom. The van der Waals surface area contributed by atoms with Gasteiger partial charge in [0.1, 0.15) is 0 Å². The molecule has 0 bridgehead atoms. The molecule has 1 saturated heterocycles. The molecule has 16 heavy (non-hydrogen) atoms. The second-order valence-corrected chi connectivity index (χ2v) is 6.89. The molecule has 2 rings (SSSR count). The van der Waals surface area contributed by atoms with E-state index in [9.17, 15) is 0 Å². The Bertz CT molecular complexity index is 313. The summed E-state index contributed by atoms with van der Waals surface area (Å²) in [7, 11) is 0. The van der Waals surface area contributed by atoms with Gasteiger partial charge in [-0.1, -0.05) is 13.0 Å². The topological polar surface area (TPSA) is 38.0 Å². The zero-order valence-corrected chi connectivity index (χ0v) is 11.4. The quantitative estimate of drug-likeness (QED) is 0.869. The molecule has 3 N–H and O–H groups in total. The first kappa shape index (κ1) is 12.4. The predicted molar refractivity (Wildman–Crippen MR) is 74.1 cm³/mol. The molecule has 0 aromatic carbocycles. The summed E-state index contributed by atoms with van der Waals surface area (Å²) in [6.45, 7) is 4.00. The zero-order valence-electron chi connectivity index (χ0n) is 9.74. The molecule has 0 amide bonds. The molecule has 0 radical (unpaired) electrons. The molecule has 1 aliphatic rings. The summed E-state index contributed by atoms with van der Waals surface area (Å²) in [4.78, 5) is 1.40. The average Bonchev–Trinajstić information content (AvgIpc) is 2.82. The van der Waals surface area contributed by atoms with Gasteiger partial charge in [0.25, 0.3) is 0 Å². The van der Waals surface area contributed by atoms with Crippen LogP contribution >= 0.6 is 23.1 Å². The number of hydrogen-bond donors (Lipinski definition) is 2. The Balaban J connectivity index is 1.98. The fraction of sp³-hybridized carbons (Fsp3) is 0.667. The van der Waals surface area contributed by atoms with Crippen molar-refractivity contribution in [2.75, 3.05) is 12.3 Å². The molecule has 1 aliphatic heterocycles. The van der Waals surface area contributed by atoms with Crippen molar-refractivity contribution in [2.24, 2.45) is 5.73 Å². The van der Waals surface area contributed by atoms with Crippen molar-refractivity contribution in [1.29, 1.82) is 0 Å². The van der Waals surface area contributed by atoms with Gasteiger partial charge in [0.05, 0.1) is 0 Å². The monoisotopic (exact) mass is 256 g/mol. The van der Waals surface area contributed by atoms with Crippen molar-refractivity contribution in [3.05, 3.63) is 22.4 Å². The number of thiophene rings is 1. The third-order valence-corrected chi connectivity index (χ3v) is 5.82. The Morgan fingerprint density at radius 2 is 2.50 bits per heavy atom. The standard InChI is InChI=1S/C12H20N2S2/c1-10-12(9-13,5-3-7-15-10)14-8-11-4-2-6-16-11/h2,4,6,10,14H,3,5,7-9,13H2,1H3. The molecule has 0 aliphatic carbocycles. The van der Waals surface area contributed by atoms with Crippen LogP contribution in [0, 0.1) is 0 Å². The summed E-state index contributed by atoms with van der Waals surface area (Å²) in [6, 6.07) is 4.29. The SMILES string of the molecule is CC1SCCCC1(CN)NCc1cccs1. The fourth-order valence-corrected chi connectivity index (χ4v) is 4.18. The van der Waals surface area contributed by atoms with E-state index in [4.69, 9.17) is 5.73 Å². The van der Waals surface area contributed by atoms with Crippen molar-refractivity contribution >= 4 is 23.1 Å². The summed E-state index contributed by atoms with van der Waals surface area (Å²) in [5, 5.41) is 6.45. The maximum Gasteiger partial charge on any atom is 0.0424 e. The van der Waals surface area contributed by atoms with Gasteiger partial charge in [-0.25, -0.2) is 0 Å². The van der Waals surface area contributed by atoms with E-state index in [-0.39, 0.29) is 5.54 Å². The van der Waals surface area contributed by atoms with E-state index in [0.29, 0.717) is 5.25 Å². The lowest BCUT2D eigenvalue weighted by Crippen LogP contribution is -2.58. The molecular weight excluding hydrogens is 236 g/mol. The van der Waals surface area contributed by atoms with E-state index in [1.165, 1.54) is 23.5 Å². The van der Waals surface area contributed by atoms with Crippen LogP contribution in [0.3, 0.4) is 0 Å². The van der Waals surface area contributed by atoms with Crippen molar-refractivity contribution in [1.82, 2.24) is 5.32 Å². The van der Waals surface area contributed by atoms with E-state index < -0.39 is 0 Å². The van der Waals surface area contributed by atoms with Gasteiger partial charge < -0.3 is 11.1 Å². The van der Waals surface area contributed by atoms with Crippen LogP contribution in [0.1, 0.15) is 24.6 Å². The summed E-state index contributed by atoms with van der Waals surface area (Å²) in [5.74, 6) is 1.28. The van der Waals surface area contributed by atoms with Crippen molar-refractivity contribution < 1.29 is 0 Å². The number of hydrogen-bond acceptors (Lipinski definition) is 4. The molecule has 2 unspecified atom stereocenters. The van der Waals surface area contributed by atoms with E-state index in [1.54, 1.807) is 0 Å². The summed E-state index contributed by atoms with van der Waals surface area (Å²) < 4.78 is 0. The number of nitrogens with two attached hydrogens (primary N) is 1. The van der Waals surface area contributed by atoms with Gasteiger partial charge in [0.2, 0.25) is 0 Å². The van der Waals surface area contributed by atoms with Gasteiger partial charge in [-0.2, -0.15) is 11.8 Å². The smallest absolute Gasteiger partial charge is 0.0424 e. The van der Waals surface area contributed by atoms with Gasteiger partial charge in [0, 0.05) is 28.8 Å². The van der Waals surface area contributed by atoms with Gasteiger partial charge >= 0.3 is 0 Å². The summed E-state index contributed by atoms with van der Waals surface area (Å²) >= 11 is 3.86. The fourth-order valence-electron chi connectivity index (χ4n) is 2.26. The summed E-state index contributed by atoms with van der Waals surface area (Å²) in [6.07, 6.45) is 2.49. The first-order chi connectivity index (χ1) is 7.77. The molecule has 1 aromatic heterocycles. The first-order valence-electron chi connectivity index (χ1n) is 5.86. The Labute approximate surface area is 106 Å². The molecule has 90 valence electrons. The van der Waals surface area contributed by atoms with E-state index in [1.807, 2.05) is 23.1 Å². The van der Waals surface area contributed by atoms with Crippen LogP contribution in [0.25, 0.3) is 0 Å². The normalized spacial score (nSPS) is 30.5. The van der Waals surface area contributed by atoms with E-state index in [2.05, 4.69) is 29.8 Å². The third-order valence-electron chi connectivity index (χ3n) is 3.47. The lowest BCUT2D eigenvalue weighted by atomic mass is 9.89. The van der Waals surface area contributed by atoms with Crippen LogP contribution in [0.15, 0.2) is 17.5 Å². The predicted octanol–water partition coefficient (Wildman–Crippen LogP) is 2.45. The molecule has 2 heterocycles. The van der Waals surface area contributed by atoms with Crippen LogP contribution in [0.2, 0.25) is 0 Å². The largest absolute Gasteiger partial charge is 0.329 e. The van der Waals surface area contributed by atoms with Crippen LogP contribution in [0.4, 0.5) is 0 Å². The minimum Gasteiger partial charge on any atom is -0.329 e. The Morgan fingerprint density at radius 1 is 1.62 bits per heavy atom. The van der Waals surface area contributed by atoms with Crippen molar-refractivity contribution in [3.8, 4) is 0 Å². The number of thioether (sulfide) groups is 1. The molecule has 0 saturated carbocycles. The molecule has 2 nitrogen and oxygen atoms in total. The highest BCUT2D eigenvalue weighted by Crippen LogP contribution is 2.33. The molecule has 2 atom stereocenters. The summed E-state index contributed by atoms with van der Waals surface area (Å²) in [5.41, 5.74) is 6.14. The minimum absolute atomic E-state index is 0.146. The molecule has 4 heteroatoms. The van der Waals surface area contributed by atoms with Gasteiger partial charge in [0.15, 0.2) is 0 Å². The lowest BCUT2D eigenvalue weighted by Gasteiger charge is -2.42. The highest BCUT2D eigenvalue weighted by atomic mass is 32.2. The second kappa shape index (κ2) is 5.54. The third kappa shape index (κ3) is 2.62. The lowest BCUT2D eigenvalue weighted by molar-refractivity contribution is 0.296. The Kier molecular flexibility index (Phi) is 4.30. The van der Waals surface area contributed by atoms with E-state index >= 15 is 0 Å². The zero-order chi connectivity index (χ0) is 11.4. The van der Waals surface area contributed by atoms with Crippen molar-refractivity contribution in [2.45, 2.75) is 37.1 Å². The molecule has 1 fully saturated rings. The van der Waals surface area contributed by atoms with Crippen LogP contribution in [-0.2, 0) is 6.54 Å². The highest BCUT2D eigenvalue weighted by molar-refractivity contribution is 8.00. The van der Waals surface area contributed by atoms with Crippen LogP contribution in [-0.4, -0.2) is 23.1 Å². The molecule has 1 aromatic rings. The van der Waals surface area contributed by atoms with Gasteiger partial charge in [-0.15, -0.1) is 11.3 Å². The highest BCUT2D eigenvalue weighted by Gasteiger charge is 2.36. The van der Waals surface area contributed by atoms with Gasteiger partial charge in [-0.05, 0) is 30.0 Å². The second-order valence-electron chi connectivity index (χ2n) is 4.41.